The molecule has 3 rings (SSSR count). The first-order chi connectivity index (χ1) is 11.5. The first-order valence-corrected chi connectivity index (χ1v) is 8.92. The smallest absolute Gasteiger partial charge is 0.260 e. The van der Waals surface area contributed by atoms with Crippen LogP contribution in [0.1, 0.15) is 39.7 Å². The third-order valence-corrected chi connectivity index (χ3v) is 5.66. The number of nitrogens with one attached hydrogen (secondary N) is 1. The van der Waals surface area contributed by atoms with Gasteiger partial charge in [0.25, 0.3) is 5.91 Å². The van der Waals surface area contributed by atoms with Gasteiger partial charge in [-0.3, -0.25) is 4.79 Å². The second-order valence-corrected chi connectivity index (χ2v) is 7.51. The molecule has 4 nitrogen and oxygen atoms in total. The molecule has 124 valence electrons. The SMILES string of the molecule is COc1ccc(Cl)cc1C(=O)Nc1sc2c(c1C#N)CCC(C)C2. The van der Waals surface area contributed by atoms with Crippen LogP contribution in [0, 0.1) is 17.2 Å². The quantitative estimate of drug-likeness (QED) is 0.865. The highest BCUT2D eigenvalue weighted by Crippen LogP contribution is 2.39. The van der Waals surface area contributed by atoms with Crippen molar-refractivity contribution >= 4 is 33.8 Å². The monoisotopic (exact) mass is 360 g/mol. The predicted molar refractivity (Wildman–Crippen MR) is 96.2 cm³/mol. The summed E-state index contributed by atoms with van der Waals surface area (Å²) in [6.07, 6.45) is 2.94. The maximum absolute atomic E-state index is 12.6. The average Bonchev–Trinajstić information content (AvgIpc) is 2.90. The highest BCUT2D eigenvalue weighted by Gasteiger charge is 2.25. The molecule has 0 aliphatic heterocycles. The van der Waals surface area contributed by atoms with Gasteiger partial charge in [0, 0.05) is 9.90 Å². The number of nitrogens with zero attached hydrogens (tertiary/aromatic N) is 1. The van der Waals surface area contributed by atoms with Crippen molar-refractivity contribution in [1.29, 1.82) is 5.26 Å². The van der Waals surface area contributed by atoms with Gasteiger partial charge in [0.2, 0.25) is 0 Å². The Hall–Kier alpha value is -2.03. The van der Waals surface area contributed by atoms with Gasteiger partial charge in [-0.05, 0) is 48.9 Å². The van der Waals surface area contributed by atoms with E-state index in [0.717, 1.165) is 24.8 Å². The summed E-state index contributed by atoms with van der Waals surface area (Å²) in [5, 5.41) is 13.5. The molecular weight excluding hydrogens is 344 g/mol. The summed E-state index contributed by atoms with van der Waals surface area (Å²) in [6, 6.07) is 7.15. The zero-order chi connectivity index (χ0) is 17.3. The molecule has 1 N–H and O–H groups in total. The number of amides is 1. The number of fused-ring (bicyclic) bond motifs is 1. The van der Waals surface area contributed by atoms with Crippen LogP contribution in [0.5, 0.6) is 5.75 Å². The highest BCUT2D eigenvalue weighted by molar-refractivity contribution is 7.16. The van der Waals surface area contributed by atoms with Crippen molar-refractivity contribution in [2.45, 2.75) is 26.2 Å². The lowest BCUT2D eigenvalue weighted by atomic mass is 9.88. The van der Waals surface area contributed by atoms with Crippen LogP contribution >= 0.6 is 22.9 Å². The molecule has 1 amide bonds. The maximum atomic E-state index is 12.6. The van der Waals surface area contributed by atoms with Crippen molar-refractivity contribution in [3.8, 4) is 11.8 Å². The summed E-state index contributed by atoms with van der Waals surface area (Å²) in [5.74, 6) is 0.738. The summed E-state index contributed by atoms with van der Waals surface area (Å²) < 4.78 is 5.23. The van der Waals surface area contributed by atoms with Crippen molar-refractivity contribution in [3.63, 3.8) is 0 Å². The summed E-state index contributed by atoms with van der Waals surface area (Å²) in [4.78, 5) is 13.8. The van der Waals surface area contributed by atoms with Crippen LogP contribution in [0.4, 0.5) is 5.00 Å². The van der Waals surface area contributed by atoms with E-state index in [2.05, 4.69) is 18.3 Å². The molecule has 24 heavy (non-hydrogen) atoms. The fraction of sp³-hybridized carbons (Fsp3) is 0.333. The van der Waals surface area contributed by atoms with Gasteiger partial charge in [-0.2, -0.15) is 5.26 Å². The van der Waals surface area contributed by atoms with Gasteiger partial charge in [-0.1, -0.05) is 18.5 Å². The van der Waals surface area contributed by atoms with Crippen LogP contribution in [0.15, 0.2) is 18.2 Å². The molecule has 1 heterocycles. The number of nitriles is 1. The second kappa shape index (κ2) is 6.84. The summed E-state index contributed by atoms with van der Waals surface area (Å²) in [7, 11) is 1.51. The zero-order valence-electron chi connectivity index (χ0n) is 13.5. The molecule has 6 heteroatoms. The largest absolute Gasteiger partial charge is 0.496 e. The molecule has 1 aromatic carbocycles. The van der Waals surface area contributed by atoms with E-state index in [4.69, 9.17) is 16.3 Å². The Balaban J connectivity index is 1.93. The highest BCUT2D eigenvalue weighted by atomic mass is 35.5. The fourth-order valence-corrected chi connectivity index (χ4v) is 4.51. The van der Waals surface area contributed by atoms with E-state index in [1.807, 2.05) is 0 Å². The van der Waals surface area contributed by atoms with E-state index < -0.39 is 0 Å². The minimum atomic E-state index is -0.322. The van der Waals surface area contributed by atoms with Gasteiger partial charge in [-0.25, -0.2) is 0 Å². The molecule has 2 aromatic rings. The number of carbonyl (C=O) groups is 1. The van der Waals surface area contributed by atoms with E-state index >= 15 is 0 Å². The number of benzene rings is 1. The number of ether oxygens (including phenoxy) is 1. The first-order valence-electron chi connectivity index (χ1n) is 7.73. The minimum Gasteiger partial charge on any atom is -0.496 e. The molecule has 0 spiro atoms. The van der Waals surface area contributed by atoms with Crippen molar-refractivity contribution in [3.05, 3.63) is 44.8 Å². The average molecular weight is 361 g/mol. The van der Waals surface area contributed by atoms with E-state index in [1.54, 1.807) is 18.2 Å². The van der Waals surface area contributed by atoms with Gasteiger partial charge < -0.3 is 10.1 Å². The number of hydrogen-bond donors (Lipinski definition) is 1. The van der Waals surface area contributed by atoms with Crippen molar-refractivity contribution in [2.75, 3.05) is 12.4 Å². The van der Waals surface area contributed by atoms with Crippen LogP contribution in [-0.2, 0) is 12.8 Å². The Morgan fingerprint density at radius 2 is 2.29 bits per heavy atom. The number of halogens is 1. The normalized spacial score (nSPS) is 16.2. The topological polar surface area (TPSA) is 62.1 Å². The summed E-state index contributed by atoms with van der Waals surface area (Å²) in [6.45, 7) is 2.21. The minimum absolute atomic E-state index is 0.322. The van der Waals surface area contributed by atoms with Crippen molar-refractivity contribution < 1.29 is 9.53 Å². The standard InChI is InChI=1S/C18H17ClN2O2S/c1-10-3-5-12-14(9-20)18(24-16(12)7-10)21-17(22)13-8-11(19)4-6-15(13)23-2/h4,6,8,10H,3,5,7H2,1-2H3,(H,21,22). The van der Waals surface area contributed by atoms with Crippen LogP contribution < -0.4 is 10.1 Å². The molecule has 0 fully saturated rings. The third-order valence-electron chi connectivity index (χ3n) is 4.26. The van der Waals surface area contributed by atoms with E-state index in [-0.39, 0.29) is 5.91 Å². The van der Waals surface area contributed by atoms with Gasteiger partial charge in [-0.15, -0.1) is 11.3 Å². The number of anilines is 1. The Morgan fingerprint density at radius 3 is 3.00 bits per heavy atom. The van der Waals surface area contributed by atoms with Crippen molar-refractivity contribution in [2.24, 2.45) is 5.92 Å². The van der Waals surface area contributed by atoms with E-state index in [9.17, 15) is 10.1 Å². The molecule has 0 saturated carbocycles. The van der Waals surface area contributed by atoms with Gasteiger partial charge >= 0.3 is 0 Å². The zero-order valence-corrected chi connectivity index (χ0v) is 15.1. The van der Waals surface area contributed by atoms with Crippen LogP contribution in [0.25, 0.3) is 0 Å². The summed E-state index contributed by atoms with van der Waals surface area (Å²) in [5.41, 5.74) is 2.04. The molecule has 0 bridgehead atoms. The molecule has 1 aliphatic carbocycles. The van der Waals surface area contributed by atoms with E-state index in [0.29, 0.717) is 32.8 Å². The molecule has 1 aliphatic rings. The number of thiophene rings is 1. The predicted octanol–water partition coefficient (Wildman–Crippen LogP) is 4.66. The molecule has 1 atom stereocenters. The molecule has 0 radical (unpaired) electrons. The molecule has 1 aromatic heterocycles. The van der Waals surface area contributed by atoms with Crippen LogP contribution in [0.2, 0.25) is 5.02 Å². The second-order valence-electron chi connectivity index (χ2n) is 5.97. The Kier molecular flexibility index (Phi) is 4.79. The number of rotatable bonds is 3. The first kappa shape index (κ1) is 16.8. The Morgan fingerprint density at radius 1 is 1.50 bits per heavy atom. The number of carbonyl (C=O) groups excluding carboxylic acids is 1. The summed E-state index contributed by atoms with van der Waals surface area (Å²) >= 11 is 7.50. The lowest BCUT2D eigenvalue weighted by Crippen LogP contribution is -2.13. The van der Waals surface area contributed by atoms with Gasteiger partial charge in [0.1, 0.15) is 16.8 Å². The van der Waals surface area contributed by atoms with Gasteiger partial charge in [0.05, 0.1) is 18.2 Å². The van der Waals surface area contributed by atoms with Gasteiger partial charge in [0.15, 0.2) is 0 Å². The van der Waals surface area contributed by atoms with Crippen LogP contribution in [-0.4, -0.2) is 13.0 Å². The fourth-order valence-electron chi connectivity index (χ4n) is 2.99. The lowest BCUT2D eigenvalue weighted by molar-refractivity contribution is 0.102. The number of hydrogen-bond acceptors (Lipinski definition) is 4. The Labute approximate surface area is 150 Å². The van der Waals surface area contributed by atoms with E-state index in [1.165, 1.54) is 23.3 Å². The number of methoxy groups -OCH3 is 1. The Bertz CT molecular complexity index is 838. The third kappa shape index (κ3) is 3.12. The maximum Gasteiger partial charge on any atom is 0.260 e. The van der Waals surface area contributed by atoms with Crippen LogP contribution in [0.3, 0.4) is 0 Å². The molecular formula is C18H17ClN2O2S. The molecule has 0 saturated heterocycles. The van der Waals surface area contributed by atoms with Crippen molar-refractivity contribution in [1.82, 2.24) is 0 Å². The lowest BCUT2D eigenvalue weighted by Gasteiger charge is -2.17. The molecule has 1 unspecified atom stereocenters.